The van der Waals surface area contributed by atoms with E-state index < -0.39 is 0 Å². The Morgan fingerprint density at radius 2 is 1.84 bits per heavy atom. The van der Waals surface area contributed by atoms with E-state index in [0.717, 1.165) is 37.8 Å². The Kier molecular flexibility index (Phi) is 7.10. The van der Waals surface area contributed by atoms with Gasteiger partial charge in [-0.2, -0.15) is 10.2 Å². The number of anilines is 2. The molecule has 5 fully saturated rings. The first-order valence-electron chi connectivity index (χ1n) is 14.3. The van der Waals surface area contributed by atoms with Gasteiger partial charge in [-0.25, -0.2) is 9.78 Å². The molecule has 1 aromatic heterocycles. The van der Waals surface area contributed by atoms with Gasteiger partial charge >= 0.3 is 6.09 Å². The number of carbonyl (C=O) groups is 1. The Balaban J connectivity index is 1.07. The van der Waals surface area contributed by atoms with E-state index in [1.165, 1.54) is 38.5 Å². The number of carbonyl (C=O) groups excluding carboxylic acids is 1. The number of benzene rings is 1. The van der Waals surface area contributed by atoms with Crippen LogP contribution in [0.3, 0.4) is 0 Å². The zero-order valence-electron chi connectivity index (χ0n) is 22.0. The van der Waals surface area contributed by atoms with Crippen LogP contribution in [-0.4, -0.2) is 34.7 Å². The number of nitriles is 1. The maximum atomic E-state index is 12.6. The van der Waals surface area contributed by atoms with E-state index in [0.29, 0.717) is 47.7 Å². The third-order valence-electron chi connectivity index (χ3n) is 9.38. The lowest BCUT2D eigenvalue weighted by Crippen LogP contribution is -2.60. The van der Waals surface area contributed by atoms with E-state index in [9.17, 15) is 10.1 Å². The van der Waals surface area contributed by atoms with Crippen LogP contribution in [-0.2, 0) is 11.3 Å². The van der Waals surface area contributed by atoms with Crippen LogP contribution >= 0.6 is 0 Å². The van der Waals surface area contributed by atoms with Crippen molar-refractivity contribution < 1.29 is 9.53 Å². The maximum absolute atomic E-state index is 12.6. The van der Waals surface area contributed by atoms with Gasteiger partial charge in [-0.1, -0.05) is 49.6 Å². The van der Waals surface area contributed by atoms with E-state index in [2.05, 4.69) is 27.0 Å². The van der Waals surface area contributed by atoms with Crippen LogP contribution in [0.4, 0.5) is 16.6 Å². The first-order chi connectivity index (χ1) is 18.6. The molecule has 8 heteroatoms. The van der Waals surface area contributed by atoms with Gasteiger partial charge in [-0.15, -0.1) is 0 Å². The van der Waals surface area contributed by atoms with Crippen molar-refractivity contribution in [3.8, 4) is 6.07 Å². The van der Waals surface area contributed by atoms with Crippen molar-refractivity contribution in [2.45, 2.75) is 82.9 Å². The van der Waals surface area contributed by atoms with Crippen LogP contribution in [0.2, 0.25) is 0 Å². The van der Waals surface area contributed by atoms with Gasteiger partial charge in [0.2, 0.25) is 5.95 Å². The lowest BCUT2D eigenvalue weighted by molar-refractivity contribution is -0.0683. The molecule has 200 valence electrons. The van der Waals surface area contributed by atoms with E-state index in [1.54, 1.807) is 6.20 Å². The van der Waals surface area contributed by atoms with Crippen molar-refractivity contribution in [3.63, 3.8) is 0 Å². The molecule has 5 saturated carbocycles. The molecule has 8 nitrogen and oxygen atoms in total. The summed E-state index contributed by atoms with van der Waals surface area (Å²) >= 11 is 0. The number of nitrogens with zero attached hydrogens (tertiary/aromatic N) is 3. The minimum atomic E-state index is -0.309. The summed E-state index contributed by atoms with van der Waals surface area (Å²) < 4.78 is 5.54. The molecule has 2 aromatic rings. The van der Waals surface area contributed by atoms with Crippen LogP contribution in [0.5, 0.6) is 0 Å². The highest BCUT2D eigenvalue weighted by molar-refractivity contribution is 5.67. The van der Waals surface area contributed by atoms with E-state index >= 15 is 0 Å². The minimum Gasteiger partial charge on any atom is -0.445 e. The van der Waals surface area contributed by atoms with Crippen LogP contribution < -0.4 is 16.0 Å². The highest BCUT2D eigenvalue weighted by atomic mass is 16.5. The number of alkyl carbamates (subject to hydrolysis) is 1. The smallest absolute Gasteiger partial charge is 0.407 e. The number of hydrogen-bond acceptors (Lipinski definition) is 7. The molecule has 3 N–H and O–H groups in total. The van der Waals surface area contributed by atoms with E-state index in [1.807, 2.05) is 30.3 Å². The van der Waals surface area contributed by atoms with Gasteiger partial charge in [0.25, 0.3) is 0 Å². The highest BCUT2D eigenvalue weighted by Gasteiger charge is 2.55. The topological polar surface area (TPSA) is 112 Å². The maximum Gasteiger partial charge on any atom is 0.407 e. The fraction of sp³-hybridized carbons (Fsp3) is 0.600. The van der Waals surface area contributed by atoms with Crippen LogP contribution in [0, 0.1) is 34.5 Å². The molecule has 1 unspecified atom stereocenters. The Hall–Kier alpha value is -3.34. The molecule has 5 aliphatic carbocycles. The summed E-state index contributed by atoms with van der Waals surface area (Å²) in [5.41, 5.74) is 1.66. The molecule has 7 rings (SSSR count). The Labute approximate surface area is 225 Å². The molecule has 0 radical (unpaired) electrons. The molecular weight excluding hydrogens is 476 g/mol. The van der Waals surface area contributed by atoms with Crippen molar-refractivity contribution in [2.24, 2.45) is 23.2 Å². The molecule has 1 heterocycles. The van der Waals surface area contributed by atoms with Crippen LogP contribution in [0.1, 0.15) is 75.3 Å². The van der Waals surface area contributed by atoms with Gasteiger partial charge < -0.3 is 20.7 Å². The zero-order chi connectivity index (χ0) is 26.0. The van der Waals surface area contributed by atoms with Crippen molar-refractivity contribution in [1.82, 2.24) is 15.3 Å². The Bertz CT molecular complexity index is 1160. The number of nitrogens with one attached hydrogen (secondary N) is 3. The summed E-state index contributed by atoms with van der Waals surface area (Å²) in [6.45, 7) is 1.10. The average molecular weight is 515 g/mol. The zero-order valence-corrected chi connectivity index (χ0v) is 22.0. The van der Waals surface area contributed by atoms with E-state index in [-0.39, 0.29) is 17.6 Å². The van der Waals surface area contributed by atoms with Crippen molar-refractivity contribution >= 4 is 17.9 Å². The summed E-state index contributed by atoms with van der Waals surface area (Å²) in [5.74, 6) is 2.89. The lowest BCUT2D eigenvalue weighted by atomic mass is 9.48. The summed E-state index contributed by atoms with van der Waals surface area (Å²) in [6.07, 6.45) is 13.1. The van der Waals surface area contributed by atoms with Crippen molar-refractivity contribution in [2.75, 3.05) is 17.2 Å². The second-order valence-corrected chi connectivity index (χ2v) is 12.1. The highest BCUT2D eigenvalue weighted by Crippen LogP contribution is 2.60. The Morgan fingerprint density at radius 3 is 2.58 bits per heavy atom. The molecule has 0 spiro atoms. The molecule has 5 aliphatic rings. The van der Waals surface area contributed by atoms with Crippen LogP contribution in [0.25, 0.3) is 0 Å². The molecule has 0 saturated heterocycles. The number of hydrogen-bond donors (Lipinski definition) is 3. The molecular formula is C30H38N6O2. The largest absolute Gasteiger partial charge is 0.445 e. The van der Waals surface area contributed by atoms with Crippen molar-refractivity contribution in [1.29, 1.82) is 5.26 Å². The number of rotatable bonds is 8. The molecule has 4 bridgehead atoms. The van der Waals surface area contributed by atoms with Gasteiger partial charge in [0.05, 0.1) is 6.20 Å². The lowest BCUT2D eigenvalue weighted by Gasteiger charge is -2.60. The van der Waals surface area contributed by atoms with Gasteiger partial charge in [-0.05, 0) is 73.7 Å². The third kappa shape index (κ3) is 5.43. The predicted molar refractivity (Wildman–Crippen MR) is 145 cm³/mol. The molecule has 1 amide bonds. The molecule has 0 aliphatic heterocycles. The van der Waals surface area contributed by atoms with Gasteiger partial charge in [0, 0.05) is 18.6 Å². The van der Waals surface area contributed by atoms with E-state index in [4.69, 9.17) is 9.72 Å². The fourth-order valence-corrected chi connectivity index (χ4v) is 7.91. The fourth-order valence-electron chi connectivity index (χ4n) is 7.91. The van der Waals surface area contributed by atoms with Gasteiger partial charge in [0.15, 0.2) is 0 Å². The number of aromatic nitrogens is 2. The molecule has 38 heavy (non-hydrogen) atoms. The monoisotopic (exact) mass is 514 g/mol. The second kappa shape index (κ2) is 10.8. The molecule has 1 aromatic carbocycles. The van der Waals surface area contributed by atoms with Crippen LogP contribution in [0.15, 0.2) is 36.5 Å². The summed E-state index contributed by atoms with van der Waals surface area (Å²) in [5, 5.41) is 20.0. The number of ether oxygens (including phenoxy) is 1. The summed E-state index contributed by atoms with van der Waals surface area (Å²) in [4.78, 5) is 21.8. The standard InChI is InChI=1S/C30H38N6O2/c31-16-24-17-32-28(34-25-9-5-2-6-10-25)36-27(24)33-19-30-13-21-11-22(14-30)26(23(12-21)15-30)35-29(37)38-18-20-7-3-1-4-8-20/h1,3-4,7-8,17,21-23,25-26H,2,5-6,9-15,18-19H2,(H,35,37)(H2,32,33,34,36)/t21?,22-,23+,26-,30-. The van der Waals surface area contributed by atoms with Gasteiger partial charge in [0.1, 0.15) is 24.1 Å². The Morgan fingerprint density at radius 1 is 1.08 bits per heavy atom. The average Bonchev–Trinajstić information content (AvgIpc) is 2.94. The summed E-state index contributed by atoms with van der Waals surface area (Å²) in [6, 6.07) is 12.7. The first kappa shape index (κ1) is 25.0. The SMILES string of the molecule is N#Cc1cnc(NC2CCCCC2)nc1NC[C@]12CC3C[C@H](C1)[C@@H](NC(=O)OCc1ccccc1)[C@@H](C3)C2. The normalized spacial score (nSPS) is 29.9. The summed E-state index contributed by atoms with van der Waals surface area (Å²) in [7, 11) is 0. The minimum absolute atomic E-state index is 0.178. The first-order valence-corrected chi connectivity index (χ1v) is 14.3. The number of amides is 1. The quantitative estimate of drug-likeness (QED) is 0.419. The van der Waals surface area contributed by atoms with Gasteiger partial charge in [-0.3, -0.25) is 0 Å². The molecule has 5 atom stereocenters. The van der Waals surface area contributed by atoms with Crippen molar-refractivity contribution in [3.05, 3.63) is 47.7 Å². The predicted octanol–water partition coefficient (Wildman–Crippen LogP) is 5.63. The second-order valence-electron chi connectivity index (χ2n) is 12.1. The third-order valence-corrected chi connectivity index (χ3v) is 9.38.